The fourth-order valence-corrected chi connectivity index (χ4v) is 1.28. The zero-order chi connectivity index (χ0) is 8.97. The molecule has 1 aliphatic carbocycles. The molecule has 0 aromatic heterocycles. The Balaban J connectivity index is 2.74. The lowest BCUT2D eigenvalue weighted by atomic mass is 9.96. The van der Waals surface area contributed by atoms with Crippen LogP contribution in [0.5, 0.6) is 0 Å². The second-order valence-electron chi connectivity index (χ2n) is 3.27. The summed E-state index contributed by atoms with van der Waals surface area (Å²) in [7, 11) is 0. The minimum absolute atomic E-state index is 0.392. The quantitative estimate of drug-likeness (QED) is 0.591. The van der Waals surface area contributed by atoms with Gasteiger partial charge in [-0.25, -0.2) is 0 Å². The molecule has 0 bridgehead atoms. The minimum Gasteiger partial charge on any atom is -0.389 e. The molecule has 0 aromatic rings. The summed E-state index contributed by atoms with van der Waals surface area (Å²) in [4.78, 5) is 0. The second-order valence-corrected chi connectivity index (χ2v) is 3.27. The van der Waals surface area contributed by atoms with Gasteiger partial charge in [-0.1, -0.05) is 19.1 Å². The normalized spacial score (nSPS) is 29.9. The Hall–Kier alpha value is -1.07. The molecule has 0 spiro atoms. The largest absolute Gasteiger partial charge is 0.389 e. The number of rotatable bonds is 0. The van der Waals surface area contributed by atoms with Crippen molar-refractivity contribution in [3.63, 3.8) is 0 Å². The molecule has 1 N–H and O–H groups in total. The van der Waals surface area contributed by atoms with E-state index in [0.29, 0.717) is 11.5 Å². The van der Waals surface area contributed by atoms with E-state index >= 15 is 0 Å². The van der Waals surface area contributed by atoms with Crippen molar-refractivity contribution in [1.29, 1.82) is 5.26 Å². The maximum Gasteiger partial charge on any atom is 0.0988 e. The SMILES string of the molecule is CC1CC=C(C#N)C=CC(O)C1. The van der Waals surface area contributed by atoms with Gasteiger partial charge in [0.05, 0.1) is 12.2 Å². The van der Waals surface area contributed by atoms with Gasteiger partial charge < -0.3 is 5.11 Å². The average molecular weight is 163 g/mol. The molecule has 0 aromatic carbocycles. The molecule has 64 valence electrons. The van der Waals surface area contributed by atoms with E-state index in [1.165, 1.54) is 0 Å². The number of nitriles is 1. The van der Waals surface area contributed by atoms with Crippen LogP contribution in [-0.2, 0) is 0 Å². The van der Waals surface area contributed by atoms with Gasteiger partial charge in [-0.3, -0.25) is 0 Å². The third-order valence-corrected chi connectivity index (χ3v) is 2.01. The summed E-state index contributed by atoms with van der Waals surface area (Å²) >= 11 is 0. The lowest BCUT2D eigenvalue weighted by molar-refractivity contribution is 0.190. The molecule has 0 radical (unpaired) electrons. The van der Waals surface area contributed by atoms with Crippen molar-refractivity contribution >= 4 is 0 Å². The van der Waals surface area contributed by atoms with Crippen molar-refractivity contribution in [2.75, 3.05) is 0 Å². The van der Waals surface area contributed by atoms with Gasteiger partial charge in [-0.15, -0.1) is 0 Å². The highest BCUT2D eigenvalue weighted by Gasteiger charge is 2.09. The van der Waals surface area contributed by atoms with Gasteiger partial charge in [0.25, 0.3) is 0 Å². The lowest BCUT2D eigenvalue weighted by Crippen LogP contribution is -2.09. The van der Waals surface area contributed by atoms with Crippen molar-refractivity contribution < 1.29 is 5.11 Å². The van der Waals surface area contributed by atoms with Gasteiger partial charge in [0.1, 0.15) is 0 Å². The van der Waals surface area contributed by atoms with Crippen LogP contribution in [0.2, 0.25) is 0 Å². The first kappa shape index (κ1) is 9.02. The summed E-state index contributed by atoms with van der Waals surface area (Å²) in [5, 5.41) is 18.0. The third kappa shape index (κ3) is 2.52. The Morgan fingerprint density at radius 3 is 3.08 bits per heavy atom. The molecule has 0 saturated heterocycles. The van der Waals surface area contributed by atoms with Crippen LogP contribution in [0.4, 0.5) is 0 Å². The Bertz CT molecular complexity index is 247. The molecule has 1 aliphatic rings. The van der Waals surface area contributed by atoms with E-state index in [1.807, 2.05) is 6.08 Å². The average Bonchev–Trinajstić information content (AvgIpc) is 2.02. The Morgan fingerprint density at radius 1 is 1.67 bits per heavy atom. The molecule has 12 heavy (non-hydrogen) atoms. The van der Waals surface area contributed by atoms with E-state index in [1.54, 1.807) is 12.2 Å². The zero-order valence-electron chi connectivity index (χ0n) is 7.20. The molecular formula is C10H13NO. The van der Waals surface area contributed by atoms with E-state index in [9.17, 15) is 5.11 Å². The van der Waals surface area contributed by atoms with Crippen molar-refractivity contribution in [1.82, 2.24) is 0 Å². The molecule has 2 heteroatoms. The molecule has 2 nitrogen and oxygen atoms in total. The van der Waals surface area contributed by atoms with E-state index in [0.717, 1.165) is 12.8 Å². The molecular weight excluding hydrogens is 150 g/mol. The fourth-order valence-electron chi connectivity index (χ4n) is 1.28. The maximum absolute atomic E-state index is 9.37. The topological polar surface area (TPSA) is 44.0 Å². The monoisotopic (exact) mass is 163 g/mol. The lowest BCUT2D eigenvalue weighted by Gasteiger charge is -2.13. The summed E-state index contributed by atoms with van der Waals surface area (Å²) in [6.45, 7) is 2.08. The smallest absolute Gasteiger partial charge is 0.0988 e. The maximum atomic E-state index is 9.37. The van der Waals surface area contributed by atoms with Gasteiger partial charge in [0, 0.05) is 5.57 Å². The zero-order valence-corrected chi connectivity index (χ0v) is 7.20. The molecule has 0 aliphatic heterocycles. The van der Waals surface area contributed by atoms with E-state index in [-0.39, 0.29) is 0 Å². The highest BCUT2D eigenvalue weighted by molar-refractivity contribution is 5.33. The number of hydrogen-bond donors (Lipinski definition) is 1. The molecule has 0 fully saturated rings. The van der Waals surface area contributed by atoms with Crippen molar-refractivity contribution in [3.8, 4) is 6.07 Å². The van der Waals surface area contributed by atoms with Crippen LogP contribution in [0, 0.1) is 17.2 Å². The molecule has 0 saturated carbocycles. The summed E-state index contributed by atoms with van der Waals surface area (Å²) < 4.78 is 0. The highest BCUT2D eigenvalue weighted by Crippen LogP contribution is 2.16. The minimum atomic E-state index is -0.392. The van der Waals surface area contributed by atoms with Crippen LogP contribution < -0.4 is 0 Å². The number of aliphatic hydroxyl groups excluding tert-OH is 1. The second kappa shape index (κ2) is 4.08. The van der Waals surface area contributed by atoms with Gasteiger partial charge in [-0.2, -0.15) is 5.26 Å². The molecule has 2 unspecified atom stereocenters. The summed E-state index contributed by atoms with van der Waals surface area (Å²) in [5.41, 5.74) is 0.653. The molecule has 0 amide bonds. The van der Waals surface area contributed by atoms with E-state index < -0.39 is 6.10 Å². The first-order valence-corrected chi connectivity index (χ1v) is 4.19. The Kier molecular flexibility index (Phi) is 3.07. The third-order valence-electron chi connectivity index (χ3n) is 2.01. The van der Waals surface area contributed by atoms with E-state index in [4.69, 9.17) is 5.26 Å². The number of nitrogens with zero attached hydrogens (tertiary/aromatic N) is 1. The van der Waals surface area contributed by atoms with Crippen molar-refractivity contribution in [2.45, 2.75) is 25.9 Å². The van der Waals surface area contributed by atoms with Crippen molar-refractivity contribution in [3.05, 3.63) is 23.8 Å². The summed E-state index contributed by atoms with van der Waals surface area (Å²) in [5.74, 6) is 0.452. The summed E-state index contributed by atoms with van der Waals surface area (Å²) in [6, 6.07) is 2.08. The summed E-state index contributed by atoms with van der Waals surface area (Å²) in [6.07, 6.45) is 6.57. The van der Waals surface area contributed by atoms with Crippen LogP contribution in [-0.4, -0.2) is 11.2 Å². The van der Waals surface area contributed by atoms with Crippen LogP contribution in [0.1, 0.15) is 19.8 Å². The van der Waals surface area contributed by atoms with Gasteiger partial charge in [-0.05, 0) is 24.8 Å². The molecule has 1 rings (SSSR count). The number of hydrogen-bond acceptors (Lipinski definition) is 2. The molecule has 0 heterocycles. The first-order chi connectivity index (χ1) is 5.72. The number of aliphatic hydroxyl groups is 1. The highest BCUT2D eigenvalue weighted by atomic mass is 16.3. The Morgan fingerprint density at radius 2 is 2.42 bits per heavy atom. The standard InChI is InChI=1S/C10H13NO/c1-8-2-3-9(7-11)4-5-10(12)6-8/h3-5,8,10,12H,2,6H2,1H3. The van der Waals surface area contributed by atoms with Crippen LogP contribution in [0.3, 0.4) is 0 Å². The van der Waals surface area contributed by atoms with E-state index in [2.05, 4.69) is 13.0 Å². The molecule has 2 atom stereocenters. The van der Waals surface area contributed by atoms with Crippen LogP contribution >= 0.6 is 0 Å². The predicted molar refractivity (Wildman–Crippen MR) is 47.2 cm³/mol. The predicted octanol–water partition coefficient (Wildman–Crippen LogP) is 1.78. The van der Waals surface area contributed by atoms with Gasteiger partial charge >= 0.3 is 0 Å². The first-order valence-electron chi connectivity index (χ1n) is 4.19. The van der Waals surface area contributed by atoms with Crippen LogP contribution in [0.15, 0.2) is 23.8 Å². The van der Waals surface area contributed by atoms with Gasteiger partial charge in [0.15, 0.2) is 0 Å². The number of allylic oxidation sites excluding steroid dienone is 3. The van der Waals surface area contributed by atoms with Gasteiger partial charge in [0.2, 0.25) is 0 Å². The van der Waals surface area contributed by atoms with Crippen LogP contribution in [0.25, 0.3) is 0 Å². The fraction of sp³-hybridized carbons (Fsp3) is 0.500. The Labute approximate surface area is 72.8 Å². The van der Waals surface area contributed by atoms with Crippen molar-refractivity contribution in [2.24, 2.45) is 5.92 Å².